The van der Waals surface area contributed by atoms with Crippen LogP contribution in [0.25, 0.3) is 21.1 Å². The molecule has 0 fully saturated rings. The minimum absolute atomic E-state index is 0.826. The van der Waals surface area contributed by atoms with Crippen LogP contribution < -0.4 is 0 Å². The van der Waals surface area contributed by atoms with E-state index >= 15 is 0 Å². The molecule has 2 aromatic heterocycles. The number of H-pyrrole nitrogens is 1. The van der Waals surface area contributed by atoms with Gasteiger partial charge in [-0.3, -0.25) is 5.10 Å². The highest BCUT2D eigenvalue weighted by atomic mass is 32.1. The van der Waals surface area contributed by atoms with Gasteiger partial charge >= 0.3 is 0 Å². The summed E-state index contributed by atoms with van der Waals surface area (Å²) >= 11 is 1.71. The zero-order chi connectivity index (χ0) is 10.8. The summed E-state index contributed by atoms with van der Waals surface area (Å²) in [4.78, 5) is 6.49. The Hall–Kier alpha value is -1.94. The number of aromatic nitrogens is 3. The van der Waals surface area contributed by atoms with Crippen LogP contribution in [0.5, 0.6) is 0 Å². The van der Waals surface area contributed by atoms with Crippen molar-refractivity contribution in [3.8, 4) is 21.1 Å². The van der Waals surface area contributed by atoms with Gasteiger partial charge in [-0.05, 0) is 17.7 Å². The lowest BCUT2D eigenvalue weighted by Crippen LogP contribution is -1.73. The van der Waals surface area contributed by atoms with Crippen LogP contribution >= 0.6 is 11.3 Å². The predicted octanol–water partition coefficient (Wildman–Crippen LogP) is 3.20. The number of aromatic amines is 1. The summed E-state index contributed by atoms with van der Waals surface area (Å²) in [6.45, 7) is 0. The monoisotopic (exact) mass is 227 g/mol. The number of nitrogens with zero attached hydrogens (tertiary/aromatic N) is 2. The first-order valence-electron chi connectivity index (χ1n) is 4.94. The number of benzene rings is 1. The van der Waals surface area contributed by atoms with Crippen LogP contribution in [0.3, 0.4) is 0 Å². The lowest BCUT2D eigenvalue weighted by molar-refractivity contribution is 1.10. The van der Waals surface area contributed by atoms with E-state index in [9.17, 15) is 0 Å². The second-order valence-electron chi connectivity index (χ2n) is 3.36. The normalized spacial score (nSPS) is 10.5. The number of nitrogens with one attached hydrogen (secondary N) is 1. The van der Waals surface area contributed by atoms with E-state index in [0.717, 1.165) is 10.7 Å². The fourth-order valence-corrected chi connectivity index (χ4v) is 2.50. The van der Waals surface area contributed by atoms with Gasteiger partial charge in [-0.25, -0.2) is 4.98 Å². The van der Waals surface area contributed by atoms with Crippen LogP contribution in [0.4, 0.5) is 0 Å². The van der Waals surface area contributed by atoms with Crippen LogP contribution in [0.1, 0.15) is 0 Å². The molecule has 0 saturated carbocycles. The SMILES string of the molecule is c1ccc(-c2ccc(-c3ncn[nH]3)s2)cc1. The highest BCUT2D eigenvalue weighted by Crippen LogP contribution is 2.32. The van der Waals surface area contributed by atoms with Crippen molar-refractivity contribution >= 4 is 11.3 Å². The van der Waals surface area contributed by atoms with E-state index in [1.807, 2.05) is 18.2 Å². The van der Waals surface area contributed by atoms with Gasteiger partial charge in [0.05, 0.1) is 4.88 Å². The van der Waals surface area contributed by atoms with Gasteiger partial charge in [-0.1, -0.05) is 30.3 Å². The third kappa shape index (κ3) is 1.63. The molecule has 0 spiro atoms. The van der Waals surface area contributed by atoms with Crippen molar-refractivity contribution in [2.75, 3.05) is 0 Å². The summed E-state index contributed by atoms with van der Waals surface area (Å²) in [7, 11) is 0. The van der Waals surface area contributed by atoms with Gasteiger partial charge in [0.25, 0.3) is 0 Å². The Kier molecular flexibility index (Phi) is 2.27. The van der Waals surface area contributed by atoms with E-state index in [2.05, 4.69) is 39.4 Å². The van der Waals surface area contributed by atoms with Crippen molar-refractivity contribution in [3.05, 3.63) is 48.8 Å². The van der Waals surface area contributed by atoms with Crippen molar-refractivity contribution in [3.63, 3.8) is 0 Å². The maximum atomic E-state index is 4.14. The van der Waals surface area contributed by atoms with Gasteiger partial charge in [0.2, 0.25) is 0 Å². The van der Waals surface area contributed by atoms with Crippen molar-refractivity contribution in [1.29, 1.82) is 0 Å². The largest absolute Gasteiger partial charge is 0.259 e. The number of thiophene rings is 1. The minimum atomic E-state index is 0.826. The summed E-state index contributed by atoms with van der Waals surface area (Å²) in [5.74, 6) is 0.826. The Morgan fingerprint density at radius 1 is 0.938 bits per heavy atom. The molecule has 4 heteroatoms. The highest BCUT2D eigenvalue weighted by molar-refractivity contribution is 7.18. The van der Waals surface area contributed by atoms with E-state index < -0.39 is 0 Å². The molecule has 1 aromatic carbocycles. The molecule has 3 nitrogen and oxygen atoms in total. The fourth-order valence-electron chi connectivity index (χ4n) is 1.55. The smallest absolute Gasteiger partial charge is 0.165 e. The third-order valence-corrected chi connectivity index (χ3v) is 3.45. The number of hydrogen-bond acceptors (Lipinski definition) is 3. The Labute approximate surface area is 96.8 Å². The highest BCUT2D eigenvalue weighted by Gasteiger charge is 2.05. The summed E-state index contributed by atoms with van der Waals surface area (Å²) in [6, 6.07) is 14.5. The lowest BCUT2D eigenvalue weighted by Gasteiger charge is -1.94. The molecule has 0 aliphatic heterocycles. The second kappa shape index (κ2) is 3.90. The molecule has 2 heterocycles. The summed E-state index contributed by atoms with van der Waals surface area (Å²) in [6.07, 6.45) is 1.53. The molecule has 16 heavy (non-hydrogen) atoms. The minimum Gasteiger partial charge on any atom is -0.259 e. The molecule has 0 radical (unpaired) electrons. The predicted molar refractivity (Wildman–Crippen MR) is 65.1 cm³/mol. The van der Waals surface area contributed by atoms with Crippen LogP contribution in [0.2, 0.25) is 0 Å². The molecule has 1 N–H and O–H groups in total. The number of hydrogen-bond donors (Lipinski definition) is 1. The zero-order valence-corrected chi connectivity index (χ0v) is 9.24. The Morgan fingerprint density at radius 3 is 2.50 bits per heavy atom. The molecule has 3 aromatic rings. The average Bonchev–Trinajstić information content (AvgIpc) is 3.01. The molecule has 0 aliphatic carbocycles. The van der Waals surface area contributed by atoms with E-state index in [0.29, 0.717) is 0 Å². The van der Waals surface area contributed by atoms with Crippen molar-refractivity contribution < 1.29 is 0 Å². The standard InChI is InChI=1S/C12H9N3S/c1-2-4-9(5-3-1)10-6-7-11(16-10)12-13-8-14-15-12/h1-8H,(H,13,14,15). The molecule has 0 bridgehead atoms. The third-order valence-electron chi connectivity index (χ3n) is 2.31. The molecule has 0 aliphatic rings. The van der Waals surface area contributed by atoms with Gasteiger partial charge in [0, 0.05) is 4.88 Å². The van der Waals surface area contributed by atoms with Gasteiger partial charge in [-0.15, -0.1) is 11.3 Å². The summed E-state index contributed by atoms with van der Waals surface area (Å²) in [5.41, 5.74) is 1.23. The second-order valence-corrected chi connectivity index (χ2v) is 4.45. The molecular weight excluding hydrogens is 218 g/mol. The van der Waals surface area contributed by atoms with E-state index in [-0.39, 0.29) is 0 Å². The fraction of sp³-hybridized carbons (Fsp3) is 0. The van der Waals surface area contributed by atoms with Gasteiger partial charge < -0.3 is 0 Å². The molecule has 0 saturated heterocycles. The molecule has 3 rings (SSSR count). The molecular formula is C12H9N3S. The summed E-state index contributed by atoms with van der Waals surface area (Å²) in [5, 5.41) is 6.72. The first kappa shape index (κ1) is 9.30. The Bertz CT molecular complexity index is 569. The zero-order valence-electron chi connectivity index (χ0n) is 8.42. The quantitative estimate of drug-likeness (QED) is 0.730. The van der Waals surface area contributed by atoms with Gasteiger partial charge in [-0.2, -0.15) is 5.10 Å². The van der Waals surface area contributed by atoms with E-state index in [1.54, 1.807) is 11.3 Å². The number of rotatable bonds is 2. The molecule has 78 valence electrons. The van der Waals surface area contributed by atoms with Crippen molar-refractivity contribution in [2.24, 2.45) is 0 Å². The Balaban J connectivity index is 2.00. The maximum Gasteiger partial charge on any atom is 0.165 e. The molecule has 0 atom stereocenters. The van der Waals surface area contributed by atoms with Crippen LogP contribution in [0.15, 0.2) is 48.8 Å². The maximum absolute atomic E-state index is 4.14. The Morgan fingerprint density at radius 2 is 1.75 bits per heavy atom. The van der Waals surface area contributed by atoms with Gasteiger partial charge in [0.1, 0.15) is 6.33 Å². The molecule has 0 amide bonds. The van der Waals surface area contributed by atoms with Gasteiger partial charge in [0.15, 0.2) is 5.82 Å². The average molecular weight is 227 g/mol. The van der Waals surface area contributed by atoms with Crippen LogP contribution in [-0.2, 0) is 0 Å². The molecule has 0 unspecified atom stereocenters. The van der Waals surface area contributed by atoms with Crippen molar-refractivity contribution in [2.45, 2.75) is 0 Å². The van der Waals surface area contributed by atoms with Crippen LogP contribution in [0, 0.1) is 0 Å². The van der Waals surface area contributed by atoms with Crippen LogP contribution in [-0.4, -0.2) is 15.2 Å². The van der Waals surface area contributed by atoms with E-state index in [1.165, 1.54) is 16.8 Å². The first-order chi connectivity index (χ1) is 7.93. The van der Waals surface area contributed by atoms with E-state index in [4.69, 9.17) is 0 Å². The van der Waals surface area contributed by atoms with Crippen molar-refractivity contribution in [1.82, 2.24) is 15.2 Å². The summed E-state index contributed by atoms with van der Waals surface area (Å²) < 4.78 is 0. The topological polar surface area (TPSA) is 41.6 Å². The lowest BCUT2D eigenvalue weighted by atomic mass is 10.2. The first-order valence-corrected chi connectivity index (χ1v) is 5.76.